The predicted molar refractivity (Wildman–Crippen MR) is 86.1 cm³/mol. The first kappa shape index (κ1) is 16.2. The summed E-state index contributed by atoms with van der Waals surface area (Å²) in [5.74, 6) is 0. The van der Waals surface area contributed by atoms with Crippen LogP contribution in [0.3, 0.4) is 0 Å². The molecule has 0 aromatic heterocycles. The number of likely N-dealkylation sites (N-methyl/N-ethyl adjacent to an activating group) is 1. The summed E-state index contributed by atoms with van der Waals surface area (Å²) in [6.45, 7) is 14.8. The maximum absolute atomic E-state index is 3.38. The summed E-state index contributed by atoms with van der Waals surface area (Å²) >= 11 is 0. The summed E-state index contributed by atoms with van der Waals surface area (Å²) in [4.78, 5) is 0. The number of aryl methyl sites for hydroxylation is 1. The minimum atomic E-state index is 0.230. The van der Waals surface area contributed by atoms with Crippen LogP contribution in [0.5, 0.6) is 0 Å². The fourth-order valence-corrected chi connectivity index (χ4v) is 3.04. The van der Waals surface area contributed by atoms with Crippen LogP contribution in [0.15, 0.2) is 18.2 Å². The third kappa shape index (κ3) is 3.39. The van der Waals surface area contributed by atoms with E-state index in [0.717, 1.165) is 6.54 Å². The van der Waals surface area contributed by atoms with Crippen molar-refractivity contribution in [3.63, 3.8) is 0 Å². The fourth-order valence-electron chi connectivity index (χ4n) is 3.04. The van der Waals surface area contributed by atoms with E-state index < -0.39 is 0 Å². The molecule has 1 aromatic carbocycles. The molecule has 0 saturated carbocycles. The summed E-state index contributed by atoms with van der Waals surface area (Å²) in [6, 6.07) is 7.06. The molecule has 108 valence electrons. The van der Waals surface area contributed by atoms with Crippen LogP contribution in [0, 0.1) is 6.92 Å². The van der Waals surface area contributed by atoms with Gasteiger partial charge in [0.05, 0.1) is 0 Å². The Morgan fingerprint density at radius 3 is 2.00 bits per heavy atom. The normalized spacial score (nSPS) is 12.8. The van der Waals surface area contributed by atoms with Gasteiger partial charge < -0.3 is 5.32 Å². The third-order valence-electron chi connectivity index (χ3n) is 4.53. The Morgan fingerprint density at radius 2 is 1.63 bits per heavy atom. The van der Waals surface area contributed by atoms with Crippen molar-refractivity contribution >= 4 is 0 Å². The largest absolute Gasteiger partial charge is 0.319 e. The molecule has 0 fully saturated rings. The highest BCUT2D eigenvalue weighted by Crippen LogP contribution is 2.35. The van der Waals surface area contributed by atoms with Crippen LogP contribution >= 0.6 is 0 Å². The average Bonchev–Trinajstić information content (AvgIpc) is 2.35. The second kappa shape index (κ2) is 6.09. The van der Waals surface area contributed by atoms with E-state index >= 15 is 0 Å². The molecule has 0 bridgehead atoms. The van der Waals surface area contributed by atoms with Gasteiger partial charge in [0.15, 0.2) is 0 Å². The molecule has 1 rings (SSSR count). The highest BCUT2D eigenvalue weighted by molar-refractivity contribution is 5.39. The van der Waals surface area contributed by atoms with Crippen molar-refractivity contribution in [2.45, 2.75) is 65.2 Å². The monoisotopic (exact) mass is 261 g/mol. The number of nitrogens with one attached hydrogen (secondary N) is 1. The molecule has 19 heavy (non-hydrogen) atoms. The van der Waals surface area contributed by atoms with Crippen molar-refractivity contribution in [2.75, 3.05) is 13.6 Å². The minimum absolute atomic E-state index is 0.230. The minimum Gasteiger partial charge on any atom is -0.319 e. The predicted octanol–water partition coefficient (Wildman–Crippen LogP) is 4.57. The van der Waals surface area contributed by atoms with E-state index in [-0.39, 0.29) is 10.8 Å². The summed E-state index contributed by atoms with van der Waals surface area (Å²) < 4.78 is 0. The van der Waals surface area contributed by atoms with Gasteiger partial charge in [-0.2, -0.15) is 0 Å². The molecule has 0 amide bonds. The Morgan fingerprint density at radius 1 is 1.05 bits per heavy atom. The highest BCUT2D eigenvalue weighted by Gasteiger charge is 2.29. The van der Waals surface area contributed by atoms with Gasteiger partial charge >= 0.3 is 0 Å². The van der Waals surface area contributed by atoms with E-state index in [2.05, 4.69) is 72.1 Å². The van der Waals surface area contributed by atoms with E-state index in [1.165, 1.54) is 29.5 Å². The van der Waals surface area contributed by atoms with Crippen molar-refractivity contribution in [3.8, 4) is 0 Å². The SMILES string of the molecule is CCC(CC)(CNC)c1ccc(C(C)(C)C)cc1C. The fraction of sp³-hybridized carbons (Fsp3) is 0.667. The van der Waals surface area contributed by atoms with Crippen molar-refractivity contribution in [1.29, 1.82) is 0 Å². The van der Waals surface area contributed by atoms with Crippen molar-refractivity contribution < 1.29 is 0 Å². The second-order valence-electron chi connectivity index (χ2n) is 6.80. The quantitative estimate of drug-likeness (QED) is 0.818. The van der Waals surface area contributed by atoms with Crippen LogP contribution in [-0.4, -0.2) is 13.6 Å². The summed E-state index contributed by atoms with van der Waals surface area (Å²) in [5, 5.41) is 3.38. The zero-order valence-corrected chi connectivity index (χ0v) is 13.9. The van der Waals surface area contributed by atoms with Gasteiger partial charge in [-0.05, 0) is 48.9 Å². The third-order valence-corrected chi connectivity index (χ3v) is 4.53. The van der Waals surface area contributed by atoms with Gasteiger partial charge in [0, 0.05) is 12.0 Å². The number of benzene rings is 1. The molecular weight excluding hydrogens is 230 g/mol. The first-order valence-electron chi connectivity index (χ1n) is 7.57. The molecule has 1 nitrogen and oxygen atoms in total. The van der Waals surface area contributed by atoms with Crippen LogP contribution in [-0.2, 0) is 10.8 Å². The van der Waals surface area contributed by atoms with Crippen molar-refractivity contribution in [2.24, 2.45) is 0 Å². The number of rotatable bonds is 5. The Bertz CT molecular complexity index is 408. The van der Waals surface area contributed by atoms with Crippen LogP contribution in [0.1, 0.15) is 64.2 Å². The first-order chi connectivity index (χ1) is 8.80. The molecule has 0 heterocycles. The molecule has 0 radical (unpaired) electrons. The molecule has 0 atom stereocenters. The second-order valence-corrected chi connectivity index (χ2v) is 6.80. The Balaban J connectivity index is 3.27. The number of hydrogen-bond acceptors (Lipinski definition) is 1. The molecular formula is C18H31N. The molecule has 1 aromatic rings. The lowest BCUT2D eigenvalue weighted by Crippen LogP contribution is -2.36. The summed E-state index contributed by atoms with van der Waals surface area (Å²) in [7, 11) is 2.05. The van der Waals surface area contributed by atoms with Gasteiger partial charge in [0.25, 0.3) is 0 Å². The Labute approximate surface area is 119 Å². The maximum Gasteiger partial charge on any atom is 0.00750 e. The molecule has 0 aliphatic carbocycles. The smallest absolute Gasteiger partial charge is 0.00750 e. The summed E-state index contributed by atoms with van der Waals surface area (Å²) in [6.07, 6.45) is 2.36. The van der Waals surface area contributed by atoms with Crippen LogP contribution in [0.4, 0.5) is 0 Å². The van der Waals surface area contributed by atoms with Gasteiger partial charge in [-0.1, -0.05) is 52.8 Å². The van der Waals surface area contributed by atoms with Gasteiger partial charge in [-0.25, -0.2) is 0 Å². The summed E-state index contributed by atoms with van der Waals surface area (Å²) in [5.41, 5.74) is 4.88. The van der Waals surface area contributed by atoms with Crippen molar-refractivity contribution in [1.82, 2.24) is 5.32 Å². The molecule has 0 unspecified atom stereocenters. The lowest BCUT2D eigenvalue weighted by molar-refractivity contribution is 0.378. The van der Waals surface area contributed by atoms with E-state index in [1.54, 1.807) is 0 Å². The van der Waals surface area contributed by atoms with Gasteiger partial charge in [0.1, 0.15) is 0 Å². The molecule has 1 N–H and O–H groups in total. The van der Waals surface area contributed by atoms with Gasteiger partial charge in [-0.3, -0.25) is 0 Å². The van der Waals surface area contributed by atoms with Crippen LogP contribution in [0.2, 0.25) is 0 Å². The van der Waals surface area contributed by atoms with E-state index in [0.29, 0.717) is 0 Å². The molecule has 0 spiro atoms. The Hall–Kier alpha value is -0.820. The van der Waals surface area contributed by atoms with E-state index in [1.807, 2.05) is 0 Å². The zero-order valence-electron chi connectivity index (χ0n) is 13.9. The topological polar surface area (TPSA) is 12.0 Å². The first-order valence-corrected chi connectivity index (χ1v) is 7.57. The van der Waals surface area contributed by atoms with Gasteiger partial charge in [0.2, 0.25) is 0 Å². The van der Waals surface area contributed by atoms with E-state index in [4.69, 9.17) is 0 Å². The molecule has 0 aliphatic heterocycles. The van der Waals surface area contributed by atoms with Crippen molar-refractivity contribution in [3.05, 3.63) is 34.9 Å². The molecule has 0 saturated heterocycles. The van der Waals surface area contributed by atoms with Crippen LogP contribution < -0.4 is 5.32 Å². The number of hydrogen-bond donors (Lipinski definition) is 1. The lowest BCUT2D eigenvalue weighted by atomic mass is 9.72. The zero-order chi connectivity index (χ0) is 14.7. The Kier molecular flexibility index (Phi) is 5.20. The maximum atomic E-state index is 3.38. The van der Waals surface area contributed by atoms with Gasteiger partial charge in [-0.15, -0.1) is 0 Å². The highest BCUT2D eigenvalue weighted by atomic mass is 14.8. The molecule has 1 heteroatoms. The molecule has 0 aliphatic rings. The average molecular weight is 261 g/mol. The van der Waals surface area contributed by atoms with E-state index in [9.17, 15) is 0 Å². The van der Waals surface area contributed by atoms with Crippen LogP contribution in [0.25, 0.3) is 0 Å². The lowest BCUT2D eigenvalue weighted by Gasteiger charge is -2.34. The standard InChI is InChI=1S/C18H31N/c1-8-18(9-2,13-19-7)16-11-10-15(12-14(16)3)17(4,5)6/h10-12,19H,8-9,13H2,1-7H3.